The van der Waals surface area contributed by atoms with Crippen molar-refractivity contribution < 1.29 is 27.8 Å². The summed E-state index contributed by atoms with van der Waals surface area (Å²) in [6.07, 6.45) is -6.54. The average molecular weight is 389 g/mol. The zero-order valence-electron chi connectivity index (χ0n) is 12.3. The zero-order chi connectivity index (χ0) is 18.4. The molecule has 1 aliphatic rings. The second-order valence-corrected chi connectivity index (χ2v) is 6.12. The minimum absolute atomic E-state index is 0.0673. The summed E-state index contributed by atoms with van der Waals surface area (Å²) < 4.78 is 44.1. The molecule has 1 unspecified atom stereocenters. The molecule has 0 fully saturated rings. The van der Waals surface area contributed by atoms with Crippen LogP contribution in [0.3, 0.4) is 0 Å². The molecule has 3 nitrogen and oxygen atoms in total. The van der Waals surface area contributed by atoms with Crippen molar-refractivity contribution in [2.75, 3.05) is 0 Å². The van der Waals surface area contributed by atoms with Crippen molar-refractivity contribution in [3.05, 3.63) is 57.6 Å². The van der Waals surface area contributed by atoms with Gasteiger partial charge in [0.15, 0.2) is 0 Å². The van der Waals surface area contributed by atoms with E-state index in [1.54, 1.807) is 24.3 Å². The lowest BCUT2D eigenvalue weighted by atomic mass is 9.97. The first-order chi connectivity index (χ1) is 11.7. The highest BCUT2D eigenvalue weighted by molar-refractivity contribution is 6.34. The molecule has 0 radical (unpaired) electrons. The summed E-state index contributed by atoms with van der Waals surface area (Å²) >= 11 is 12.2. The van der Waals surface area contributed by atoms with Crippen LogP contribution in [0.5, 0.6) is 5.75 Å². The lowest BCUT2D eigenvalue weighted by molar-refractivity contribution is -0.187. The predicted octanol–water partition coefficient (Wildman–Crippen LogP) is 5.45. The van der Waals surface area contributed by atoms with Crippen LogP contribution in [0.1, 0.15) is 5.56 Å². The molecule has 1 N–H and O–H groups in total. The highest BCUT2D eigenvalue weighted by atomic mass is 35.5. The molecular weight excluding hydrogens is 380 g/mol. The molecule has 8 heteroatoms. The Morgan fingerprint density at radius 2 is 1.80 bits per heavy atom. The normalized spacial score (nSPS) is 16.7. The van der Waals surface area contributed by atoms with Gasteiger partial charge in [-0.25, -0.2) is 4.79 Å². The number of carboxylic acid groups (broad SMARTS) is 1. The molecule has 0 amide bonds. The number of rotatable bonds is 2. The number of fused-ring (bicyclic) bond motifs is 1. The Labute approximate surface area is 150 Å². The number of hydrogen-bond donors (Lipinski definition) is 1. The van der Waals surface area contributed by atoms with Crippen molar-refractivity contribution in [2.45, 2.75) is 12.3 Å². The lowest BCUT2D eigenvalue weighted by Gasteiger charge is -2.28. The van der Waals surface area contributed by atoms with Crippen molar-refractivity contribution in [3.63, 3.8) is 0 Å². The molecule has 3 rings (SSSR count). The second-order valence-electron chi connectivity index (χ2n) is 5.30. The van der Waals surface area contributed by atoms with Gasteiger partial charge >= 0.3 is 12.1 Å². The van der Waals surface area contributed by atoms with Crippen molar-refractivity contribution in [2.24, 2.45) is 0 Å². The van der Waals surface area contributed by atoms with Crippen LogP contribution in [-0.2, 0) is 4.79 Å². The molecule has 2 aromatic rings. The Hall–Kier alpha value is -2.18. The number of carboxylic acids is 1. The Bertz CT molecular complexity index is 891. The fourth-order valence-electron chi connectivity index (χ4n) is 2.54. The number of ether oxygens (including phenoxy) is 1. The van der Waals surface area contributed by atoms with E-state index < -0.39 is 23.8 Å². The smallest absolute Gasteiger partial charge is 0.430 e. The molecule has 2 aromatic carbocycles. The fourth-order valence-corrected chi connectivity index (χ4v) is 3.05. The third-order valence-corrected chi connectivity index (χ3v) is 4.24. The van der Waals surface area contributed by atoms with Gasteiger partial charge in [0.2, 0.25) is 6.10 Å². The largest absolute Gasteiger partial charge is 0.478 e. The van der Waals surface area contributed by atoms with Crippen LogP contribution in [-0.4, -0.2) is 23.4 Å². The van der Waals surface area contributed by atoms with E-state index in [1.165, 1.54) is 12.1 Å². The Morgan fingerprint density at radius 1 is 1.12 bits per heavy atom. The third-order valence-electron chi connectivity index (χ3n) is 3.63. The first-order valence-electron chi connectivity index (χ1n) is 6.95. The molecule has 1 aliphatic heterocycles. The van der Waals surface area contributed by atoms with E-state index in [1.807, 2.05) is 0 Å². The minimum Gasteiger partial charge on any atom is -0.478 e. The van der Waals surface area contributed by atoms with Crippen molar-refractivity contribution in [1.29, 1.82) is 0 Å². The molecule has 0 spiro atoms. The van der Waals surface area contributed by atoms with Gasteiger partial charge in [-0.2, -0.15) is 13.2 Å². The standard InChI is InChI=1S/C17H9Cl2F3O3/c18-12-4-2-1-3-10(12)8-5-9-6-11(16(23)24)15(17(20,21)22)25-14(9)13(19)7-8/h1-7,15H,(H,23,24). The van der Waals surface area contributed by atoms with Gasteiger partial charge in [0.1, 0.15) is 5.75 Å². The summed E-state index contributed by atoms with van der Waals surface area (Å²) in [7, 11) is 0. The summed E-state index contributed by atoms with van der Waals surface area (Å²) in [5.41, 5.74) is 0.370. The predicted molar refractivity (Wildman–Crippen MR) is 88.0 cm³/mol. The first-order valence-corrected chi connectivity index (χ1v) is 7.71. The molecule has 25 heavy (non-hydrogen) atoms. The minimum atomic E-state index is -4.88. The van der Waals surface area contributed by atoms with Gasteiger partial charge in [-0.15, -0.1) is 0 Å². The Kier molecular flexibility index (Phi) is 4.43. The zero-order valence-corrected chi connectivity index (χ0v) is 13.8. The van der Waals surface area contributed by atoms with Crippen molar-refractivity contribution >= 4 is 35.2 Å². The van der Waals surface area contributed by atoms with E-state index in [-0.39, 0.29) is 16.3 Å². The van der Waals surface area contributed by atoms with Gasteiger partial charge in [-0.3, -0.25) is 0 Å². The van der Waals surface area contributed by atoms with Crippen molar-refractivity contribution in [1.82, 2.24) is 0 Å². The van der Waals surface area contributed by atoms with Crippen LogP contribution in [0, 0.1) is 0 Å². The fraction of sp³-hybridized carbons (Fsp3) is 0.118. The SMILES string of the molecule is O=C(O)C1=Cc2cc(-c3ccccc3Cl)cc(Cl)c2OC1C(F)(F)F. The second kappa shape index (κ2) is 6.28. The van der Waals surface area contributed by atoms with Gasteiger partial charge in [-0.1, -0.05) is 41.4 Å². The van der Waals surface area contributed by atoms with Crippen LogP contribution >= 0.6 is 23.2 Å². The number of alkyl halides is 3. The number of aliphatic carboxylic acids is 1. The molecule has 0 saturated heterocycles. The van der Waals surface area contributed by atoms with Crippen LogP contribution in [0.2, 0.25) is 10.0 Å². The van der Waals surface area contributed by atoms with E-state index >= 15 is 0 Å². The van der Waals surface area contributed by atoms with Crippen LogP contribution in [0.15, 0.2) is 42.0 Å². The molecule has 0 bridgehead atoms. The van der Waals surface area contributed by atoms with Gasteiger partial charge in [0.05, 0.1) is 10.6 Å². The monoisotopic (exact) mass is 388 g/mol. The average Bonchev–Trinajstić information content (AvgIpc) is 2.53. The maximum absolute atomic E-state index is 13.1. The van der Waals surface area contributed by atoms with E-state index in [9.17, 15) is 18.0 Å². The van der Waals surface area contributed by atoms with Gasteiger partial charge in [0.25, 0.3) is 0 Å². The number of benzene rings is 2. The van der Waals surface area contributed by atoms with Crippen LogP contribution < -0.4 is 4.74 Å². The van der Waals surface area contributed by atoms with E-state index in [4.69, 9.17) is 33.0 Å². The van der Waals surface area contributed by atoms with E-state index in [2.05, 4.69) is 0 Å². The van der Waals surface area contributed by atoms with Crippen LogP contribution in [0.4, 0.5) is 13.2 Å². The molecular formula is C17H9Cl2F3O3. The highest BCUT2D eigenvalue weighted by Gasteiger charge is 2.48. The first kappa shape index (κ1) is 17.6. The molecule has 130 valence electrons. The number of hydrogen-bond acceptors (Lipinski definition) is 2. The Morgan fingerprint density at radius 3 is 2.40 bits per heavy atom. The van der Waals surface area contributed by atoms with Crippen molar-refractivity contribution in [3.8, 4) is 16.9 Å². The summed E-state index contributed by atoms with van der Waals surface area (Å²) in [5.74, 6) is -1.93. The van der Waals surface area contributed by atoms with Gasteiger partial charge in [0, 0.05) is 16.1 Å². The lowest BCUT2D eigenvalue weighted by Crippen LogP contribution is -2.40. The van der Waals surface area contributed by atoms with E-state index in [0.29, 0.717) is 16.1 Å². The summed E-state index contributed by atoms with van der Waals surface area (Å²) in [6.45, 7) is 0. The molecule has 1 heterocycles. The molecule has 0 aliphatic carbocycles. The van der Waals surface area contributed by atoms with Gasteiger partial charge in [-0.05, 0) is 29.8 Å². The van der Waals surface area contributed by atoms with Crippen LogP contribution in [0.25, 0.3) is 17.2 Å². The maximum Gasteiger partial charge on any atom is 0.430 e. The maximum atomic E-state index is 13.1. The third kappa shape index (κ3) is 3.32. The number of carbonyl (C=O) groups is 1. The summed E-state index contributed by atoms with van der Waals surface area (Å²) in [4.78, 5) is 11.2. The summed E-state index contributed by atoms with van der Waals surface area (Å²) in [5, 5.41) is 9.45. The van der Waals surface area contributed by atoms with E-state index in [0.717, 1.165) is 6.08 Å². The topological polar surface area (TPSA) is 46.5 Å². The quantitative estimate of drug-likeness (QED) is 0.743. The van der Waals surface area contributed by atoms with Gasteiger partial charge < -0.3 is 9.84 Å². The Balaban J connectivity index is 2.17. The highest BCUT2D eigenvalue weighted by Crippen LogP contribution is 2.43. The molecule has 1 atom stereocenters. The molecule has 0 saturated carbocycles. The number of halogens is 5. The molecule has 0 aromatic heterocycles. The summed E-state index contributed by atoms with van der Waals surface area (Å²) in [6, 6.07) is 9.74.